The van der Waals surface area contributed by atoms with Gasteiger partial charge in [-0.25, -0.2) is 4.68 Å². The van der Waals surface area contributed by atoms with Gasteiger partial charge in [0.15, 0.2) is 11.6 Å². The summed E-state index contributed by atoms with van der Waals surface area (Å²) < 4.78 is 7.89. The number of rotatable bonds is 6. The lowest BCUT2D eigenvalue weighted by Crippen LogP contribution is -2.29. The van der Waals surface area contributed by atoms with Gasteiger partial charge in [0.1, 0.15) is 12.1 Å². The number of hydrogen-bond acceptors (Lipinski definition) is 4. The van der Waals surface area contributed by atoms with E-state index in [2.05, 4.69) is 11.7 Å². The number of carbonyl (C=O) groups is 1. The summed E-state index contributed by atoms with van der Waals surface area (Å²) in [7, 11) is 0. The fourth-order valence-electron chi connectivity index (χ4n) is 2.14. The van der Waals surface area contributed by atoms with Crippen LogP contribution in [0.15, 0.2) is 23.6 Å². The number of hydrogen-bond donors (Lipinski definition) is 1. The molecule has 0 saturated heterocycles. The molecular weight excluding hydrogens is 286 g/mol. The molecule has 7 heteroatoms. The van der Waals surface area contributed by atoms with Gasteiger partial charge in [-0.05, 0) is 24.5 Å². The molecule has 1 N–H and O–H groups in total. The Balaban J connectivity index is 2.74. The van der Waals surface area contributed by atoms with Gasteiger partial charge in [0.2, 0.25) is 0 Å². The third kappa shape index (κ3) is 2.88. The highest BCUT2D eigenvalue weighted by Gasteiger charge is 2.17. The first-order chi connectivity index (χ1) is 10.3. The van der Waals surface area contributed by atoms with E-state index >= 15 is 0 Å². The number of carboxylic acids is 1. The van der Waals surface area contributed by atoms with Gasteiger partial charge in [0.05, 0.1) is 6.61 Å². The topological polar surface area (TPSA) is 85.8 Å². The van der Waals surface area contributed by atoms with E-state index < -0.39 is 18.1 Å². The van der Waals surface area contributed by atoms with Crippen LogP contribution in [-0.4, -0.2) is 31.9 Å². The lowest BCUT2D eigenvalue weighted by molar-refractivity contribution is -0.138. The summed E-state index contributed by atoms with van der Waals surface area (Å²) in [6, 6.07) is 1.75. The molecule has 118 valence electrons. The van der Waals surface area contributed by atoms with Crippen molar-refractivity contribution in [2.45, 2.75) is 33.2 Å². The number of ether oxygens (including phenoxy) is 1. The third-order valence-corrected chi connectivity index (χ3v) is 3.26. The summed E-state index contributed by atoms with van der Waals surface area (Å²) in [4.78, 5) is 23.3. The molecule has 0 saturated carbocycles. The number of carboxylic acid groups (broad SMARTS) is 1. The van der Waals surface area contributed by atoms with Crippen molar-refractivity contribution in [3.05, 3.63) is 40.6 Å². The molecule has 0 amide bonds. The zero-order chi connectivity index (χ0) is 16.4. The molecule has 0 aliphatic heterocycles. The van der Waals surface area contributed by atoms with Crippen LogP contribution in [-0.2, 0) is 16.1 Å². The Kier molecular flexibility index (Phi) is 4.35. The van der Waals surface area contributed by atoms with Crippen LogP contribution in [0.5, 0.6) is 0 Å². The van der Waals surface area contributed by atoms with Crippen molar-refractivity contribution in [2.75, 3.05) is 6.61 Å². The highest BCUT2D eigenvalue weighted by Crippen LogP contribution is 2.20. The van der Waals surface area contributed by atoms with Crippen LogP contribution in [0.1, 0.15) is 38.1 Å². The molecule has 0 aliphatic rings. The fourth-order valence-corrected chi connectivity index (χ4v) is 2.14. The normalized spacial score (nSPS) is 11.1. The molecule has 0 aromatic carbocycles. The maximum Gasteiger partial charge on any atom is 0.325 e. The van der Waals surface area contributed by atoms with Crippen LogP contribution >= 0.6 is 0 Å². The van der Waals surface area contributed by atoms with Crippen LogP contribution in [0.3, 0.4) is 0 Å². The van der Waals surface area contributed by atoms with E-state index in [9.17, 15) is 9.59 Å². The number of fused-ring (bicyclic) bond motifs is 1. The minimum atomic E-state index is -1.14. The predicted molar refractivity (Wildman–Crippen MR) is 81.8 cm³/mol. The predicted octanol–water partition coefficient (Wildman–Crippen LogP) is 1.71. The zero-order valence-corrected chi connectivity index (χ0v) is 12.9. The zero-order valence-electron chi connectivity index (χ0n) is 12.9. The summed E-state index contributed by atoms with van der Waals surface area (Å²) in [6.07, 6.45) is 1.80. The van der Waals surface area contributed by atoms with Gasteiger partial charge in [0.25, 0.3) is 5.56 Å². The summed E-state index contributed by atoms with van der Waals surface area (Å²) in [5, 5.41) is 13.0. The molecule has 2 rings (SSSR count). The lowest BCUT2D eigenvalue weighted by atomic mass is 10.1. The Morgan fingerprint density at radius 2 is 2.18 bits per heavy atom. The van der Waals surface area contributed by atoms with Gasteiger partial charge in [0, 0.05) is 6.20 Å². The van der Waals surface area contributed by atoms with E-state index in [-0.39, 0.29) is 11.7 Å². The maximum atomic E-state index is 12.4. The van der Waals surface area contributed by atoms with Crippen LogP contribution in [0.25, 0.3) is 11.3 Å². The van der Waals surface area contributed by atoms with Crippen molar-refractivity contribution in [3.63, 3.8) is 0 Å². The standard InChI is InChI=1S/C15H19N3O4/c1-5-22-10(4)14-16-18(8-13(19)20)15(21)12-6-11(9(2)3)7-17(12)14/h6-7,9H,4-5,8H2,1-3H3,(H,19,20). The SMILES string of the molecule is C=C(OCC)c1nn(CC(=O)O)c(=O)c2cc(C(C)C)cn12. The van der Waals surface area contributed by atoms with E-state index in [4.69, 9.17) is 9.84 Å². The van der Waals surface area contributed by atoms with E-state index in [1.807, 2.05) is 20.8 Å². The van der Waals surface area contributed by atoms with Gasteiger partial charge in [-0.3, -0.25) is 14.0 Å². The van der Waals surface area contributed by atoms with Crippen molar-refractivity contribution in [1.82, 2.24) is 14.2 Å². The Bertz CT molecular complexity index is 786. The molecule has 22 heavy (non-hydrogen) atoms. The van der Waals surface area contributed by atoms with Crippen LogP contribution < -0.4 is 5.56 Å². The van der Waals surface area contributed by atoms with Crippen molar-refractivity contribution < 1.29 is 14.6 Å². The summed E-state index contributed by atoms with van der Waals surface area (Å²) in [5.74, 6) is -0.301. The fraction of sp³-hybridized carbons (Fsp3) is 0.400. The molecule has 0 unspecified atom stereocenters. The Morgan fingerprint density at radius 3 is 2.73 bits per heavy atom. The first-order valence-corrected chi connectivity index (χ1v) is 7.02. The van der Waals surface area contributed by atoms with Crippen molar-refractivity contribution in [3.8, 4) is 0 Å². The molecule has 0 atom stereocenters. The smallest absolute Gasteiger partial charge is 0.325 e. The van der Waals surface area contributed by atoms with Gasteiger partial charge in [-0.15, -0.1) is 5.10 Å². The van der Waals surface area contributed by atoms with Gasteiger partial charge >= 0.3 is 5.97 Å². The second-order valence-electron chi connectivity index (χ2n) is 5.22. The minimum Gasteiger partial charge on any atom is -0.491 e. The molecule has 0 radical (unpaired) electrons. The van der Waals surface area contributed by atoms with Crippen LogP contribution in [0.2, 0.25) is 0 Å². The second-order valence-corrected chi connectivity index (χ2v) is 5.22. The molecule has 2 heterocycles. The van der Waals surface area contributed by atoms with E-state index in [1.165, 1.54) is 0 Å². The van der Waals surface area contributed by atoms with E-state index in [0.717, 1.165) is 10.2 Å². The highest BCUT2D eigenvalue weighted by atomic mass is 16.5. The molecule has 0 spiro atoms. The van der Waals surface area contributed by atoms with Gasteiger partial charge in [-0.2, -0.15) is 0 Å². The molecule has 7 nitrogen and oxygen atoms in total. The molecular formula is C15H19N3O4. The van der Waals surface area contributed by atoms with E-state index in [0.29, 0.717) is 17.9 Å². The number of aromatic nitrogens is 3. The van der Waals surface area contributed by atoms with Crippen LogP contribution in [0.4, 0.5) is 0 Å². The number of nitrogens with zero attached hydrogens (tertiary/aromatic N) is 3. The maximum absolute atomic E-state index is 12.4. The minimum absolute atomic E-state index is 0.223. The first-order valence-electron chi connectivity index (χ1n) is 7.02. The second kappa shape index (κ2) is 6.05. The molecule has 0 bridgehead atoms. The summed E-state index contributed by atoms with van der Waals surface area (Å²) in [5.41, 5.74) is 0.857. The molecule has 2 aromatic heterocycles. The summed E-state index contributed by atoms with van der Waals surface area (Å²) in [6.45, 7) is 9.52. The Labute approximate surface area is 127 Å². The Hall–Kier alpha value is -2.57. The largest absolute Gasteiger partial charge is 0.491 e. The van der Waals surface area contributed by atoms with E-state index in [1.54, 1.807) is 16.7 Å². The average molecular weight is 305 g/mol. The lowest BCUT2D eigenvalue weighted by Gasteiger charge is -2.11. The summed E-state index contributed by atoms with van der Waals surface area (Å²) >= 11 is 0. The monoisotopic (exact) mass is 305 g/mol. The Morgan fingerprint density at radius 1 is 1.50 bits per heavy atom. The molecule has 2 aromatic rings. The van der Waals surface area contributed by atoms with Crippen LogP contribution in [0, 0.1) is 0 Å². The average Bonchev–Trinajstić information content (AvgIpc) is 2.87. The van der Waals surface area contributed by atoms with Gasteiger partial charge < -0.3 is 9.84 Å². The molecule has 0 fully saturated rings. The van der Waals surface area contributed by atoms with Crippen molar-refractivity contribution in [2.24, 2.45) is 0 Å². The number of aliphatic carboxylic acids is 1. The van der Waals surface area contributed by atoms with Crippen molar-refractivity contribution in [1.29, 1.82) is 0 Å². The van der Waals surface area contributed by atoms with Gasteiger partial charge in [-0.1, -0.05) is 20.4 Å². The highest BCUT2D eigenvalue weighted by molar-refractivity contribution is 5.67. The third-order valence-electron chi connectivity index (χ3n) is 3.26. The quantitative estimate of drug-likeness (QED) is 0.821. The molecule has 0 aliphatic carbocycles. The first kappa shape index (κ1) is 15.8. The van der Waals surface area contributed by atoms with Crippen molar-refractivity contribution >= 4 is 17.2 Å².